The second kappa shape index (κ2) is 12.6. The van der Waals surface area contributed by atoms with Crippen LogP contribution in [0.25, 0.3) is 0 Å². The van der Waals surface area contributed by atoms with Gasteiger partial charge in [-0.3, -0.25) is 0 Å². The molecule has 0 bridgehead atoms. The van der Waals surface area contributed by atoms with Crippen LogP contribution in [0.5, 0.6) is 0 Å². The van der Waals surface area contributed by atoms with Crippen molar-refractivity contribution in [3.8, 4) is 0 Å². The number of unbranched alkanes of at least 4 members (excludes halogenated alkanes) is 3. The monoisotopic (exact) mass is 234 g/mol. The third-order valence-electron chi connectivity index (χ3n) is 4.38. The molecule has 0 aromatic rings. The molecular formula is C14H32AlLi. The Balaban J connectivity index is 0. The molecule has 0 nitrogen and oxygen atoms in total. The summed E-state index contributed by atoms with van der Waals surface area (Å²) in [5, 5.41) is 6.48. The van der Waals surface area contributed by atoms with Crippen molar-refractivity contribution in [1.29, 1.82) is 0 Å². The van der Waals surface area contributed by atoms with Crippen LogP contribution in [0.15, 0.2) is 0 Å². The molecule has 0 aliphatic carbocycles. The fourth-order valence-electron chi connectivity index (χ4n) is 2.96. The van der Waals surface area contributed by atoms with Gasteiger partial charge in [0.25, 0.3) is 0 Å². The van der Waals surface area contributed by atoms with Gasteiger partial charge < -0.3 is 0 Å². The summed E-state index contributed by atoms with van der Waals surface area (Å²) < 4.78 is 0. The molecule has 0 rings (SSSR count). The van der Waals surface area contributed by atoms with Crippen molar-refractivity contribution >= 4 is 13.1 Å². The van der Waals surface area contributed by atoms with Crippen molar-refractivity contribution < 1.29 is 18.9 Å². The number of hydrogen-bond acceptors (Lipinski definition) is 0. The molecule has 0 spiro atoms. The molecular weight excluding hydrogens is 202 g/mol. The summed E-state index contributed by atoms with van der Waals surface area (Å²) in [6.45, 7) is 9.52. The Kier molecular flexibility index (Phi) is 15.3. The van der Waals surface area contributed by atoms with Crippen molar-refractivity contribution in [2.45, 2.75) is 87.4 Å². The molecule has 0 unspecified atom stereocenters. The maximum absolute atomic E-state index is 2.48. The average Bonchev–Trinajstić information content (AvgIpc) is 2.29. The van der Waals surface area contributed by atoms with Gasteiger partial charge in [-0.15, -0.1) is 6.92 Å². The standard InChI is InChI=1S/3C4H9.C2H5.Al.Li/c3*1-3-4-2;1-2;;/h3*1,3-4H2,2H3;1H2,2H3;;/q;;;;-1;+1. The Morgan fingerprint density at radius 3 is 1.12 bits per heavy atom. The first kappa shape index (κ1) is 19.5. The molecule has 0 fully saturated rings. The van der Waals surface area contributed by atoms with Gasteiger partial charge in [0.15, 0.2) is 0 Å². The van der Waals surface area contributed by atoms with E-state index in [9.17, 15) is 0 Å². The Morgan fingerprint density at radius 2 is 0.938 bits per heavy atom. The predicted molar refractivity (Wildman–Crippen MR) is 75.4 cm³/mol. The van der Waals surface area contributed by atoms with Gasteiger partial charge in [0.05, 0.1) is 0 Å². The quantitative estimate of drug-likeness (QED) is 0.510. The molecule has 0 aromatic carbocycles. The fraction of sp³-hybridized carbons (Fsp3) is 1.00. The molecule has 0 amide bonds. The van der Waals surface area contributed by atoms with E-state index in [0.717, 1.165) is 0 Å². The van der Waals surface area contributed by atoms with Gasteiger partial charge in [-0.25, -0.2) is 0 Å². The zero-order valence-corrected chi connectivity index (χ0v) is 13.8. The molecule has 0 aromatic heterocycles. The van der Waals surface area contributed by atoms with Crippen LogP contribution in [0.4, 0.5) is 0 Å². The van der Waals surface area contributed by atoms with Crippen LogP contribution in [0.2, 0.25) is 21.1 Å². The second-order valence-electron chi connectivity index (χ2n) is 5.57. The molecule has 0 atom stereocenters. The zero-order chi connectivity index (χ0) is 11.6. The molecule has 0 saturated heterocycles. The van der Waals surface area contributed by atoms with Gasteiger partial charge in [0.2, 0.25) is 0 Å². The Morgan fingerprint density at radius 1 is 0.625 bits per heavy atom. The van der Waals surface area contributed by atoms with E-state index in [4.69, 9.17) is 0 Å². The van der Waals surface area contributed by atoms with E-state index in [1.54, 1.807) is 21.1 Å². The van der Waals surface area contributed by atoms with Gasteiger partial charge in [-0.1, -0.05) is 59.3 Å². The Bertz CT molecular complexity index is 115. The van der Waals surface area contributed by atoms with E-state index in [-0.39, 0.29) is 18.9 Å². The Labute approximate surface area is 119 Å². The third kappa shape index (κ3) is 8.25. The smallest absolute Gasteiger partial charge is 0.194 e. The van der Waals surface area contributed by atoms with E-state index in [0.29, 0.717) is 0 Å². The van der Waals surface area contributed by atoms with Gasteiger partial charge in [-0.05, 0) is 0 Å². The zero-order valence-electron chi connectivity index (χ0n) is 12.6. The second-order valence-corrected chi connectivity index (χ2v) is 11.6. The van der Waals surface area contributed by atoms with E-state index in [1.807, 2.05) is 0 Å². The maximum atomic E-state index is 2.48. The van der Waals surface area contributed by atoms with E-state index in [1.165, 1.54) is 38.5 Å². The molecule has 0 heterocycles. The molecule has 0 aliphatic heterocycles. The van der Waals surface area contributed by atoms with E-state index in [2.05, 4.69) is 27.7 Å². The summed E-state index contributed by atoms with van der Waals surface area (Å²) in [4.78, 5) is 0. The molecule has 0 saturated carbocycles. The predicted octanol–water partition coefficient (Wildman–Crippen LogP) is 2.86. The van der Waals surface area contributed by atoms with E-state index >= 15 is 0 Å². The number of hydrogen-bond donors (Lipinski definition) is 0. The van der Waals surface area contributed by atoms with Crippen LogP contribution in [0.3, 0.4) is 0 Å². The molecule has 92 valence electrons. The average molecular weight is 234 g/mol. The largest absolute Gasteiger partial charge is 1.00 e. The van der Waals surface area contributed by atoms with Gasteiger partial charge in [0, 0.05) is 0 Å². The van der Waals surface area contributed by atoms with Gasteiger partial charge in [0.1, 0.15) is 13.1 Å². The third-order valence-corrected chi connectivity index (χ3v) is 11.0. The summed E-state index contributed by atoms with van der Waals surface area (Å²) in [5.74, 6) is 0. The topological polar surface area (TPSA) is 0 Å². The first-order valence-corrected chi connectivity index (χ1v) is 10.7. The van der Waals surface area contributed by atoms with Crippen molar-refractivity contribution in [2.75, 3.05) is 0 Å². The van der Waals surface area contributed by atoms with Crippen molar-refractivity contribution in [2.24, 2.45) is 0 Å². The molecule has 0 radical (unpaired) electrons. The first-order valence-electron chi connectivity index (χ1n) is 7.46. The molecule has 2 heteroatoms. The summed E-state index contributed by atoms with van der Waals surface area (Å²) >= 11 is -1.14. The summed E-state index contributed by atoms with van der Waals surface area (Å²) in [7, 11) is 0. The summed E-state index contributed by atoms with van der Waals surface area (Å²) in [6.07, 6.45) is 8.73. The molecule has 16 heavy (non-hydrogen) atoms. The first-order chi connectivity index (χ1) is 7.24. The maximum Gasteiger partial charge on any atom is 1.00 e. The van der Waals surface area contributed by atoms with Crippen molar-refractivity contribution in [3.05, 3.63) is 0 Å². The van der Waals surface area contributed by atoms with Crippen molar-refractivity contribution in [1.82, 2.24) is 0 Å². The Hall–Kier alpha value is 1.13. The van der Waals surface area contributed by atoms with Crippen LogP contribution < -0.4 is 18.9 Å². The van der Waals surface area contributed by atoms with Crippen molar-refractivity contribution in [3.63, 3.8) is 0 Å². The van der Waals surface area contributed by atoms with Crippen LogP contribution >= 0.6 is 0 Å². The van der Waals surface area contributed by atoms with Gasteiger partial charge in [-0.2, -0.15) is 21.1 Å². The van der Waals surface area contributed by atoms with Crippen LogP contribution in [0.1, 0.15) is 66.2 Å². The van der Waals surface area contributed by atoms with Crippen LogP contribution in [0, 0.1) is 0 Å². The minimum atomic E-state index is -1.14. The number of rotatable bonds is 10. The fourth-order valence-corrected chi connectivity index (χ4v) is 8.87. The van der Waals surface area contributed by atoms with Crippen LogP contribution in [-0.2, 0) is 0 Å². The minimum absolute atomic E-state index is 0. The van der Waals surface area contributed by atoms with Gasteiger partial charge >= 0.3 is 18.9 Å². The molecule has 0 aliphatic rings. The minimum Gasteiger partial charge on any atom is -0.194 e. The van der Waals surface area contributed by atoms with E-state index < -0.39 is 13.1 Å². The summed E-state index contributed by atoms with van der Waals surface area (Å²) in [6, 6.07) is 0. The molecule has 0 N–H and O–H groups in total. The SMILES string of the molecule is CCC[CH2][Al-]([CH2]C)([CH2]CCC)[CH2]CCC.[Li+]. The van der Waals surface area contributed by atoms with Crippen LogP contribution in [-0.4, -0.2) is 13.1 Å². The summed E-state index contributed by atoms with van der Waals surface area (Å²) in [5.41, 5.74) is 0. The normalized spacial score (nSPS) is 11.2.